The normalized spacial score (nSPS) is 15.5. The first-order valence-corrected chi connectivity index (χ1v) is 24.6. The van der Waals surface area contributed by atoms with E-state index in [1.807, 2.05) is 0 Å². The zero-order valence-corrected chi connectivity index (χ0v) is 34.7. The van der Waals surface area contributed by atoms with E-state index < -0.39 is 16.8 Å². The first-order chi connectivity index (χ1) is 29.8. The monoisotopic (exact) mass is 798 g/mol. The third-order valence-electron chi connectivity index (χ3n) is 13.2. The van der Waals surface area contributed by atoms with Gasteiger partial charge in [0.15, 0.2) is 0 Å². The minimum atomic E-state index is -3.11. The highest BCUT2D eigenvalue weighted by atomic mass is 28.4. The molecule has 4 aliphatic heterocycles. The van der Waals surface area contributed by atoms with Gasteiger partial charge in [-0.25, -0.2) is 0 Å². The molecule has 0 fully saturated rings. The van der Waals surface area contributed by atoms with Gasteiger partial charge in [0.2, 0.25) is 0 Å². The fraction of sp³-hybridized carbons (Fsp3) is 0. The summed E-state index contributed by atoms with van der Waals surface area (Å²) in [5, 5.41) is 5.61. The maximum Gasteiger partial charge on any atom is 0.341 e. The average Bonchev–Trinajstić information content (AvgIpc) is 3.99. The van der Waals surface area contributed by atoms with Gasteiger partial charge in [-0.15, -0.1) is 0 Å². The molecule has 2 spiro atoms. The molecule has 282 valence electrons. The summed E-state index contributed by atoms with van der Waals surface area (Å²) in [5.74, 6) is 0. The number of anilines is 8. The Kier molecular flexibility index (Phi) is 7.03. The van der Waals surface area contributed by atoms with E-state index in [1.54, 1.807) is 0 Å². The lowest BCUT2D eigenvalue weighted by Crippen LogP contribution is -2.74. The molecule has 60 heavy (non-hydrogen) atoms. The molecule has 4 nitrogen and oxygen atoms in total. The zero-order chi connectivity index (χ0) is 39.4. The summed E-state index contributed by atoms with van der Waals surface area (Å²) in [5.41, 5.74) is 15.0. The first kappa shape index (κ1) is 33.6. The highest BCUT2D eigenvalue weighted by Crippen LogP contribution is 2.61. The molecular formula is C54H38N4Si2. The molecular weight excluding hydrogens is 761 g/mol. The summed E-state index contributed by atoms with van der Waals surface area (Å²) in [6.45, 7) is 0. The number of hydrogen-bond acceptors (Lipinski definition) is 4. The molecule has 0 unspecified atom stereocenters. The molecule has 13 rings (SSSR count). The number of fused-ring (bicyclic) bond motifs is 12. The van der Waals surface area contributed by atoms with Gasteiger partial charge in [-0.2, -0.15) is 0 Å². The molecule has 0 atom stereocenters. The summed E-state index contributed by atoms with van der Waals surface area (Å²) in [6.07, 6.45) is 0. The second-order valence-corrected chi connectivity index (χ2v) is 22.7. The second-order valence-electron chi connectivity index (χ2n) is 16.0. The highest BCUT2D eigenvalue weighted by Gasteiger charge is 2.65. The van der Waals surface area contributed by atoms with E-state index in [4.69, 9.17) is 0 Å². The summed E-state index contributed by atoms with van der Waals surface area (Å²) in [6, 6.07) is 86.6. The van der Waals surface area contributed by atoms with Crippen molar-refractivity contribution in [1.29, 1.82) is 0 Å². The van der Waals surface area contributed by atoms with Gasteiger partial charge < -0.3 is 18.3 Å². The fourth-order valence-electron chi connectivity index (χ4n) is 11.1. The quantitative estimate of drug-likeness (QED) is 0.164. The van der Waals surface area contributed by atoms with E-state index in [-0.39, 0.29) is 0 Å². The topological polar surface area (TPSA) is 13.0 Å². The molecule has 0 radical (unpaired) electrons. The minimum Gasteiger partial charge on any atom is -0.341 e. The summed E-state index contributed by atoms with van der Waals surface area (Å²) >= 11 is 0. The van der Waals surface area contributed by atoms with Crippen LogP contribution in [-0.2, 0) is 0 Å². The fourth-order valence-corrected chi connectivity index (χ4v) is 21.9. The third kappa shape index (κ3) is 4.18. The largest absolute Gasteiger partial charge is 0.341 e. The Bertz CT molecular complexity index is 2720. The Balaban J connectivity index is 1.20. The number of para-hydroxylation sites is 4. The lowest BCUT2D eigenvalue weighted by molar-refractivity contribution is 1.35. The summed E-state index contributed by atoms with van der Waals surface area (Å²) in [4.78, 5) is 0. The maximum absolute atomic E-state index is 3.11. The number of hydrogen-bond donors (Lipinski definition) is 0. The molecule has 4 aliphatic rings. The summed E-state index contributed by atoms with van der Waals surface area (Å²) in [7, 11) is -6.21. The van der Waals surface area contributed by atoms with Gasteiger partial charge in [-0.3, -0.25) is 0 Å². The molecule has 0 bridgehead atoms. The minimum absolute atomic E-state index is 1.20. The first-order valence-electron chi connectivity index (χ1n) is 20.8. The molecule has 4 heterocycles. The van der Waals surface area contributed by atoms with Crippen molar-refractivity contribution < 1.29 is 0 Å². The Labute approximate surface area is 352 Å². The van der Waals surface area contributed by atoms with Crippen LogP contribution in [0.3, 0.4) is 0 Å². The summed E-state index contributed by atoms with van der Waals surface area (Å²) < 4.78 is 11.1. The van der Waals surface area contributed by atoms with Crippen LogP contribution in [0.1, 0.15) is 0 Å². The third-order valence-corrected chi connectivity index (χ3v) is 22.5. The van der Waals surface area contributed by atoms with Gasteiger partial charge in [-0.05, 0) is 104 Å². The van der Waals surface area contributed by atoms with Crippen LogP contribution in [0.4, 0.5) is 45.5 Å². The lowest BCUT2D eigenvalue weighted by atomic mass is 10.1. The molecule has 6 heteroatoms. The zero-order valence-electron chi connectivity index (χ0n) is 32.7. The van der Waals surface area contributed by atoms with E-state index >= 15 is 0 Å². The van der Waals surface area contributed by atoms with E-state index in [9.17, 15) is 0 Å². The van der Waals surface area contributed by atoms with Crippen molar-refractivity contribution >= 4 is 83.0 Å². The predicted octanol–water partition coefficient (Wildman–Crippen LogP) is 10.7. The molecule has 0 N–H and O–H groups in total. The Hall–Kier alpha value is -7.39. The van der Waals surface area contributed by atoms with Gasteiger partial charge in [0.1, 0.15) is 0 Å². The van der Waals surface area contributed by atoms with Crippen LogP contribution in [-0.4, -0.2) is 16.8 Å². The van der Waals surface area contributed by atoms with Crippen molar-refractivity contribution in [3.05, 3.63) is 231 Å². The standard InChI is InChI=1S/C54H38N4Si2/c1-5-21-39(22-6-1)55-47-37-49-50(38-48(47)56(40-23-7-2-8-24-40)59(55)51-33-17-13-29-43(51)44-30-14-18-34-52(44)59)58(42-27-11-4-12-28-42)60(57(49)41-25-9-3-10-26-41)53-35-19-15-31-45(53)46-32-16-20-36-54(46)60/h1-38H. The van der Waals surface area contributed by atoms with Crippen LogP contribution in [0.2, 0.25) is 0 Å². The van der Waals surface area contributed by atoms with E-state index in [2.05, 4.69) is 249 Å². The Morgan fingerprint density at radius 1 is 0.217 bits per heavy atom. The van der Waals surface area contributed by atoms with E-state index in [1.165, 1.54) is 88.5 Å². The van der Waals surface area contributed by atoms with Crippen molar-refractivity contribution in [2.24, 2.45) is 0 Å². The van der Waals surface area contributed by atoms with Gasteiger partial charge >= 0.3 is 16.8 Å². The van der Waals surface area contributed by atoms with Gasteiger partial charge in [0.05, 0.1) is 22.7 Å². The van der Waals surface area contributed by atoms with Crippen LogP contribution < -0.4 is 39.0 Å². The predicted molar refractivity (Wildman–Crippen MR) is 255 cm³/mol. The Morgan fingerprint density at radius 2 is 0.417 bits per heavy atom. The van der Waals surface area contributed by atoms with Crippen molar-refractivity contribution in [3.8, 4) is 22.3 Å². The molecule has 0 amide bonds. The molecule has 0 saturated heterocycles. The second kappa shape index (κ2) is 12.6. The number of benzene rings is 9. The molecule has 0 aromatic heterocycles. The van der Waals surface area contributed by atoms with Gasteiger partial charge in [-0.1, -0.05) is 170 Å². The number of nitrogens with zero attached hydrogens (tertiary/aromatic N) is 4. The molecule has 9 aromatic rings. The van der Waals surface area contributed by atoms with Crippen molar-refractivity contribution in [3.63, 3.8) is 0 Å². The van der Waals surface area contributed by atoms with Gasteiger partial charge in [0, 0.05) is 22.7 Å². The number of rotatable bonds is 4. The maximum atomic E-state index is 2.78. The van der Waals surface area contributed by atoms with Gasteiger partial charge in [0.25, 0.3) is 0 Å². The van der Waals surface area contributed by atoms with E-state index in [0.29, 0.717) is 0 Å². The smallest absolute Gasteiger partial charge is 0.341 e. The van der Waals surface area contributed by atoms with Crippen LogP contribution in [0.5, 0.6) is 0 Å². The van der Waals surface area contributed by atoms with Crippen LogP contribution >= 0.6 is 0 Å². The van der Waals surface area contributed by atoms with Crippen molar-refractivity contribution in [1.82, 2.24) is 0 Å². The van der Waals surface area contributed by atoms with Crippen LogP contribution in [0, 0.1) is 0 Å². The van der Waals surface area contributed by atoms with Crippen molar-refractivity contribution in [2.45, 2.75) is 0 Å². The average molecular weight is 799 g/mol. The Morgan fingerprint density at radius 3 is 0.650 bits per heavy atom. The van der Waals surface area contributed by atoms with Crippen molar-refractivity contribution in [2.75, 3.05) is 18.3 Å². The van der Waals surface area contributed by atoms with E-state index in [0.717, 1.165) is 0 Å². The highest BCUT2D eigenvalue weighted by molar-refractivity contribution is 7.14. The van der Waals surface area contributed by atoms with Crippen LogP contribution in [0.25, 0.3) is 22.3 Å². The lowest BCUT2D eigenvalue weighted by Gasteiger charge is -2.43. The SMILES string of the molecule is c1ccc(N2c3cc4c(cc3N(c3ccccc3)[Si]23c2ccccc2-c2ccccc23)N(c2ccccc2)[Si]2(c3ccccc3-c3ccccc32)N4c2ccccc2)cc1. The molecule has 9 aromatic carbocycles. The van der Waals surface area contributed by atoms with Crippen LogP contribution in [0.15, 0.2) is 231 Å². The molecule has 0 saturated carbocycles. The molecule has 0 aliphatic carbocycles.